The molecule has 6 heteroatoms. The molecule has 1 aliphatic rings. The average Bonchev–Trinajstić information content (AvgIpc) is 3.19. The van der Waals surface area contributed by atoms with Gasteiger partial charge in [-0.1, -0.05) is 18.2 Å². The lowest BCUT2D eigenvalue weighted by Crippen LogP contribution is -2.20. The van der Waals surface area contributed by atoms with E-state index in [1.54, 1.807) is 6.08 Å². The molecule has 0 unspecified atom stereocenters. The molecule has 1 aromatic heterocycles. The van der Waals surface area contributed by atoms with E-state index in [1.807, 2.05) is 43.3 Å². The van der Waals surface area contributed by atoms with Crippen molar-refractivity contribution in [1.29, 1.82) is 0 Å². The van der Waals surface area contributed by atoms with E-state index < -0.39 is 0 Å². The quantitative estimate of drug-likeness (QED) is 0.811. The Morgan fingerprint density at radius 2 is 1.96 bits per heavy atom. The van der Waals surface area contributed by atoms with Gasteiger partial charge < -0.3 is 14.6 Å². The molecule has 0 bridgehead atoms. The predicted octanol–water partition coefficient (Wildman–Crippen LogP) is 4.33. The Bertz CT molecular complexity index is 835. The normalized spacial score (nSPS) is 17.3. The highest BCUT2D eigenvalue weighted by Gasteiger charge is 2.24. The van der Waals surface area contributed by atoms with E-state index in [2.05, 4.69) is 29.1 Å². The summed E-state index contributed by atoms with van der Waals surface area (Å²) < 4.78 is 5.83. The summed E-state index contributed by atoms with van der Waals surface area (Å²) in [5.74, 6) is 1.32. The summed E-state index contributed by atoms with van der Waals surface area (Å²) in [5, 5.41) is 3.39. The molecule has 25 heavy (non-hydrogen) atoms. The van der Waals surface area contributed by atoms with Crippen LogP contribution in [0, 0.1) is 6.92 Å². The van der Waals surface area contributed by atoms with E-state index in [1.165, 1.54) is 11.8 Å². The zero-order chi connectivity index (χ0) is 17.8. The van der Waals surface area contributed by atoms with Crippen molar-refractivity contribution in [3.8, 4) is 0 Å². The summed E-state index contributed by atoms with van der Waals surface area (Å²) in [5.41, 5.74) is 1.92. The number of carbonyl (C=O) groups is 1. The van der Waals surface area contributed by atoms with Crippen LogP contribution in [0.1, 0.15) is 25.2 Å². The Kier molecular flexibility index (Phi) is 5.28. The minimum atomic E-state index is -0.155. The van der Waals surface area contributed by atoms with Crippen LogP contribution in [0.25, 0.3) is 6.08 Å². The molecule has 1 N–H and O–H groups in total. The number of amidine groups is 1. The van der Waals surface area contributed by atoms with Crippen molar-refractivity contribution in [2.24, 2.45) is 4.99 Å². The van der Waals surface area contributed by atoms with Crippen LogP contribution in [0.15, 0.2) is 50.7 Å². The minimum absolute atomic E-state index is 0.155. The number of furan rings is 1. The number of anilines is 1. The molecule has 1 aromatic carbocycles. The Balaban J connectivity index is 1.79. The Morgan fingerprint density at radius 3 is 2.68 bits per heavy atom. The van der Waals surface area contributed by atoms with Gasteiger partial charge >= 0.3 is 0 Å². The van der Waals surface area contributed by atoms with Gasteiger partial charge in [0.05, 0.1) is 10.6 Å². The average molecular weight is 355 g/mol. The second-order valence-corrected chi connectivity index (χ2v) is 6.65. The largest absolute Gasteiger partial charge is 0.441 e. The number of hydrogen-bond donors (Lipinski definition) is 1. The SMILES string of the molecule is CCN(CC)c1ccc(/C=C2/SC(=Nc3ccccc3C)NC2=O)o1. The molecular formula is C19H21N3O2S. The highest BCUT2D eigenvalue weighted by atomic mass is 32.2. The van der Waals surface area contributed by atoms with Crippen molar-refractivity contribution >= 4 is 40.5 Å². The third-order valence-corrected chi connectivity index (χ3v) is 4.86. The summed E-state index contributed by atoms with van der Waals surface area (Å²) in [6.45, 7) is 7.91. The van der Waals surface area contributed by atoms with Gasteiger partial charge in [0.25, 0.3) is 5.91 Å². The first kappa shape index (κ1) is 17.4. The topological polar surface area (TPSA) is 57.8 Å². The maximum atomic E-state index is 12.2. The Hall–Kier alpha value is -2.47. The van der Waals surface area contributed by atoms with Crippen molar-refractivity contribution in [2.75, 3.05) is 18.0 Å². The lowest BCUT2D eigenvalue weighted by molar-refractivity contribution is -0.115. The first-order chi connectivity index (χ1) is 12.1. The molecule has 3 rings (SSSR count). The van der Waals surface area contributed by atoms with Crippen molar-refractivity contribution in [3.63, 3.8) is 0 Å². The third-order valence-electron chi connectivity index (χ3n) is 3.95. The molecule has 1 aliphatic heterocycles. The van der Waals surface area contributed by atoms with Crippen LogP contribution in [-0.2, 0) is 4.79 Å². The van der Waals surface area contributed by atoms with E-state index in [-0.39, 0.29) is 5.91 Å². The van der Waals surface area contributed by atoms with Gasteiger partial charge in [0, 0.05) is 25.2 Å². The lowest BCUT2D eigenvalue weighted by Gasteiger charge is -2.16. The van der Waals surface area contributed by atoms with Gasteiger partial charge in [-0.05, 0) is 50.2 Å². The number of hydrogen-bond acceptors (Lipinski definition) is 5. The Morgan fingerprint density at radius 1 is 1.20 bits per heavy atom. The molecule has 0 aliphatic carbocycles. The van der Waals surface area contributed by atoms with Crippen LogP contribution in [0.4, 0.5) is 11.6 Å². The highest BCUT2D eigenvalue weighted by molar-refractivity contribution is 8.18. The zero-order valence-corrected chi connectivity index (χ0v) is 15.4. The number of aryl methyl sites for hydroxylation is 1. The van der Waals surface area contributed by atoms with Crippen LogP contribution in [0.3, 0.4) is 0 Å². The number of amides is 1. The van der Waals surface area contributed by atoms with Crippen LogP contribution in [0.5, 0.6) is 0 Å². The van der Waals surface area contributed by atoms with Crippen molar-refractivity contribution in [3.05, 3.63) is 52.6 Å². The fourth-order valence-corrected chi connectivity index (χ4v) is 3.35. The molecular weight excluding hydrogens is 334 g/mol. The molecule has 0 saturated carbocycles. The molecule has 130 valence electrons. The number of thioether (sulfide) groups is 1. The summed E-state index contributed by atoms with van der Waals surface area (Å²) in [4.78, 5) is 19.4. The van der Waals surface area contributed by atoms with Gasteiger partial charge in [-0.3, -0.25) is 4.79 Å². The molecule has 5 nitrogen and oxygen atoms in total. The van der Waals surface area contributed by atoms with Gasteiger partial charge in [-0.2, -0.15) is 0 Å². The second kappa shape index (κ2) is 7.61. The van der Waals surface area contributed by atoms with Crippen LogP contribution >= 0.6 is 11.8 Å². The second-order valence-electron chi connectivity index (χ2n) is 5.62. The predicted molar refractivity (Wildman–Crippen MR) is 104 cm³/mol. The first-order valence-electron chi connectivity index (χ1n) is 8.30. The number of para-hydroxylation sites is 1. The van der Waals surface area contributed by atoms with Crippen molar-refractivity contribution in [2.45, 2.75) is 20.8 Å². The maximum absolute atomic E-state index is 12.2. The van der Waals surface area contributed by atoms with Gasteiger partial charge in [0.15, 0.2) is 11.1 Å². The molecule has 1 saturated heterocycles. The summed E-state index contributed by atoms with van der Waals surface area (Å²) in [6, 6.07) is 11.6. The van der Waals surface area contributed by atoms with Crippen LogP contribution < -0.4 is 10.2 Å². The number of carbonyl (C=O) groups excluding carboxylic acids is 1. The van der Waals surface area contributed by atoms with E-state index in [4.69, 9.17) is 4.42 Å². The highest BCUT2D eigenvalue weighted by Crippen LogP contribution is 2.30. The lowest BCUT2D eigenvalue weighted by atomic mass is 10.2. The number of benzene rings is 1. The van der Waals surface area contributed by atoms with E-state index in [0.29, 0.717) is 15.8 Å². The molecule has 1 fully saturated rings. The smallest absolute Gasteiger partial charge is 0.264 e. The minimum Gasteiger partial charge on any atom is -0.441 e. The van der Waals surface area contributed by atoms with Gasteiger partial charge in [0.1, 0.15) is 5.76 Å². The maximum Gasteiger partial charge on any atom is 0.264 e. The third kappa shape index (κ3) is 3.96. The summed E-state index contributed by atoms with van der Waals surface area (Å²) in [6.07, 6.45) is 1.76. The van der Waals surface area contributed by atoms with Crippen molar-refractivity contribution in [1.82, 2.24) is 5.32 Å². The molecule has 2 heterocycles. The zero-order valence-electron chi connectivity index (χ0n) is 14.6. The number of rotatable bonds is 5. The summed E-state index contributed by atoms with van der Waals surface area (Å²) in [7, 11) is 0. The molecule has 0 spiro atoms. The molecule has 2 aromatic rings. The number of nitrogens with zero attached hydrogens (tertiary/aromatic N) is 2. The molecule has 0 radical (unpaired) electrons. The molecule has 1 amide bonds. The van der Waals surface area contributed by atoms with Crippen LogP contribution in [0.2, 0.25) is 0 Å². The van der Waals surface area contributed by atoms with E-state index >= 15 is 0 Å². The van der Waals surface area contributed by atoms with Crippen molar-refractivity contribution < 1.29 is 9.21 Å². The monoisotopic (exact) mass is 355 g/mol. The summed E-state index contributed by atoms with van der Waals surface area (Å²) >= 11 is 1.32. The van der Waals surface area contributed by atoms with Gasteiger partial charge in [-0.25, -0.2) is 4.99 Å². The molecule has 0 atom stereocenters. The Labute approximate surface area is 151 Å². The standard InChI is InChI=1S/C19H21N3O2S/c1-4-22(5-2)17-11-10-14(24-17)12-16-18(23)21-19(25-16)20-15-9-7-6-8-13(15)3/h6-12H,4-5H2,1-3H3,(H,20,21,23)/b16-12+. The van der Waals surface area contributed by atoms with E-state index in [0.717, 1.165) is 30.2 Å². The fraction of sp³-hybridized carbons (Fsp3) is 0.263. The number of nitrogens with one attached hydrogen (secondary N) is 1. The first-order valence-corrected chi connectivity index (χ1v) is 9.12. The van der Waals surface area contributed by atoms with E-state index in [9.17, 15) is 4.79 Å². The van der Waals surface area contributed by atoms with Gasteiger partial charge in [-0.15, -0.1) is 0 Å². The number of aliphatic imine (C=N–C) groups is 1. The van der Waals surface area contributed by atoms with Gasteiger partial charge in [0.2, 0.25) is 0 Å². The van der Waals surface area contributed by atoms with Crippen LogP contribution in [-0.4, -0.2) is 24.2 Å². The fourth-order valence-electron chi connectivity index (χ4n) is 2.53.